The number of hydrogen-bond acceptors (Lipinski definition) is 6. The van der Waals surface area contributed by atoms with Gasteiger partial charge in [-0.1, -0.05) is 35.9 Å². The number of para-hydroxylation sites is 2. The largest absolute Gasteiger partial charge is 0.502 e. The molecule has 0 atom stereocenters. The highest BCUT2D eigenvalue weighted by atomic mass is 35.5. The number of amides is 1. The highest BCUT2D eigenvalue weighted by Gasteiger charge is 2.24. The van der Waals surface area contributed by atoms with Gasteiger partial charge in [-0.2, -0.15) is 0 Å². The van der Waals surface area contributed by atoms with Crippen LogP contribution in [-0.2, 0) is 6.54 Å². The Kier molecular flexibility index (Phi) is 5.46. The summed E-state index contributed by atoms with van der Waals surface area (Å²) in [5.41, 5.74) is -3.12. The second kappa shape index (κ2) is 7.98. The van der Waals surface area contributed by atoms with E-state index in [1.807, 2.05) is 0 Å². The Balaban J connectivity index is 1.97. The van der Waals surface area contributed by atoms with Crippen molar-refractivity contribution in [1.82, 2.24) is 15.1 Å². The quantitative estimate of drug-likeness (QED) is 0.426. The zero-order valence-electron chi connectivity index (χ0n) is 14.6. The average Bonchev–Trinajstić information content (AvgIpc) is 2.70. The van der Waals surface area contributed by atoms with Crippen LogP contribution in [0, 0.1) is 10.1 Å². The number of nitro benzene ring substituents is 1. The number of benzene rings is 2. The fraction of sp³-hybridized carbons (Fsp3) is 0.0556. The monoisotopic (exact) mass is 416 g/mol. The Morgan fingerprint density at radius 3 is 2.48 bits per heavy atom. The number of nitro groups is 1. The summed E-state index contributed by atoms with van der Waals surface area (Å²) in [6.45, 7) is 0.0160. The average molecular weight is 417 g/mol. The molecule has 148 valence electrons. The van der Waals surface area contributed by atoms with Crippen LogP contribution < -0.4 is 16.4 Å². The maximum atomic E-state index is 12.5. The van der Waals surface area contributed by atoms with Gasteiger partial charge in [-0.05, 0) is 23.8 Å². The van der Waals surface area contributed by atoms with Gasteiger partial charge in [0.2, 0.25) is 5.75 Å². The molecule has 3 rings (SSSR count). The van der Waals surface area contributed by atoms with Crippen molar-refractivity contribution < 1.29 is 14.8 Å². The molecule has 0 bridgehead atoms. The number of aromatic amines is 1. The highest BCUT2D eigenvalue weighted by molar-refractivity contribution is 6.30. The van der Waals surface area contributed by atoms with Gasteiger partial charge < -0.3 is 10.4 Å². The molecule has 0 aliphatic carbocycles. The highest BCUT2D eigenvalue weighted by Crippen LogP contribution is 2.20. The van der Waals surface area contributed by atoms with E-state index in [9.17, 15) is 29.6 Å². The van der Waals surface area contributed by atoms with Crippen LogP contribution in [0.1, 0.15) is 15.9 Å². The van der Waals surface area contributed by atoms with E-state index in [1.54, 1.807) is 24.3 Å². The van der Waals surface area contributed by atoms with E-state index in [4.69, 9.17) is 11.6 Å². The molecular weight excluding hydrogens is 404 g/mol. The van der Waals surface area contributed by atoms with Crippen LogP contribution in [0.5, 0.6) is 5.75 Å². The summed E-state index contributed by atoms with van der Waals surface area (Å²) in [6, 6.07) is 11.7. The van der Waals surface area contributed by atoms with E-state index in [0.717, 1.165) is 6.07 Å². The van der Waals surface area contributed by atoms with Gasteiger partial charge in [-0.15, -0.1) is 0 Å². The van der Waals surface area contributed by atoms with Crippen molar-refractivity contribution in [2.45, 2.75) is 6.54 Å². The van der Waals surface area contributed by atoms with Gasteiger partial charge in [0.25, 0.3) is 17.2 Å². The summed E-state index contributed by atoms with van der Waals surface area (Å²) < 4.78 is 0.520. The molecule has 2 aromatic carbocycles. The van der Waals surface area contributed by atoms with Crippen molar-refractivity contribution in [3.05, 3.63) is 95.5 Å². The Bertz CT molecular complexity index is 1220. The molecule has 0 fully saturated rings. The summed E-state index contributed by atoms with van der Waals surface area (Å²) in [6.07, 6.45) is 0. The van der Waals surface area contributed by atoms with Crippen molar-refractivity contribution in [1.29, 1.82) is 0 Å². The van der Waals surface area contributed by atoms with Crippen molar-refractivity contribution in [3.8, 4) is 11.4 Å². The van der Waals surface area contributed by atoms with Crippen molar-refractivity contribution in [3.63, 3.8) is 0 Å². The third kappa shape index (κ3) is 4.01. The Morgan fingerprint density at radius 2 is 1.83 bits per heavy atom. The van der Waals surface area contributed by atoms with E-state index < -0.39 is 38.9 Å². The molecule has 1 aromatic heterocycles. The van der Waals surface area contributed by atoms with Crippen molar-refractivity contribution in [2.75, 3.05) is 0 Å². The summed E-state index contributed by atoms with van der Waals surface area (Å²) in [4.78, 5) is 47.5. The molecule has 0 radical (unpaired) electrons. The number of nitrogens with zero attached hydrogens (tertiary/aromatic N) is 2. The van der Waals surface area contributed by atoms with E-state index in [1.165, 1.54) is 18.2 Å². The molecule has 10 nitrogen and oxygen atoms in total. The van der Waals surface area contributed by atoms with Crippen LogP contribution >= 0.6 is 11.6 Å². The zero-order chi connectivity index (χ0) is 21.1. The molecule has 3 N–H and O–H groups in total. The SMILES string of the molecule is O=C(NCc1ccc(Cl)cc1)c1c(O)c(=O)n(-c2ccccc2[N+](=O)[O-])[nH]c1=O. The fourth-order valence-corrected chi connectivity index (χ4v) is 2.72. The molecule has 3 aromatic rings. The van der Waals surface area contributed by atoms with E-state index >= 15 is 0 Å². The molecular formula is C18H13ClN4O6. The van der Waals surface area contributed by atoms with E-state index in [0.29, 0.717) is 15.3 Å². The molecule has 29 heavy (non-hydrogen) atoms. The predicted molar refractivity (Wildman–Crippen MR) is 104 cm³/mol. The number of nitrogens with one attached hydrogen (secondary N) is 2. The number of aromatic nitrogens is 2. The zero-order valence-corrected chi connectivity index (χ0v) is 15.3. The molecule has 1 heterocycles. The Labute approximate surface area is 167 Å². The molecule has 0 aliphatic heterocycles. The number of rotatable bonds is 5. The first-order valence-corrected chi connectivity index (χ1v) is 8.52. The predicted octanol–water partition coefficient (Wildman–Crippen LogP) is 1.72. The van der Waals surface area contributed by atoms with Crippen LogP contribution in [0.3, 0.4) is 0 Å². The Hall–Kier alpha value is -3.92. The first-order valence-electron chi connectivity index (χ1n) is 8.14. The van der Waals surface area contributed by atoms with E-state index in [2.05, 4.69) is 10.4 Å². The van der Waals surface area contributed by atoms with Crippen LogP contribution in [-0.4, -0.2) is 25.7 Å². The number of carbonyl (C=O) groups is 1. The van der Waals surface area contributed by atoms with Crippen LogP contribution in [0.15, 0.2) is 58.1 Å². The lowest BCUT2D eigenvalue weighted by Crippen LogP contribution is -2.36. The minimum Gasteiger partial charge on any atom is -0.502 e. The van der Waals surface area contributed by atoms with Gasteiger partial charge in [0.05, 0.1) is 4.92 Å². The van der Waals surface area contributed by atoms with Gasteiger partial charge in [0.1, 0.15) is 5.69 Å². The van der Waals surface area contributed by atoms with Crippen LogP contribution in [0.25, 0.3) is 5.69 Å². The number of hydrogen-bond donors (Lipinski definition) is 3. The van der Waals surface area contributed by atoms with Gasteiger partial charge in [0.15, 0.2) is 5.56 Å². The summed E-state index contributed by atoms with van der Waals surface area (Å²) in [7, 11) is 0. The van der Waals surface area contributed by atoms with E-state index in [-0.39, 0.29) is 12.2 Å². The minimum atomic E-state index is -1.18. The molecule has 0 saturated heterocycles. The lowest BCUT2D eigenvalue weighted by molar-refractivity contribution is -0.384. The number of H-pyrrole nitrogens is 1. The van der Waals surface area contributed by atoms with Gasteiger partial charge in [0, 0.05) is 17.6 Å². The topological polar surface area (TPSA) is 147 Å². The van der Waals surface area contributed by atoms with Gasteiger partial charge in [-0.25, -0.2) is 4.68 Å². The van der Waals surface area contributed by atoms with Crippen molar-refractivity contribution >= 4 is 23.2 Å². The third-order valence-electron chi connectivity index (χ3n) is 4.00. The Morgan fingerprint density at radius 1 is 1.17 bits per heavy atom. The second-order valence-corrected chi connectivity index (χ2v) is 6.30. The molecule has 0 saturated carbocycles. The van der Waals surface area contributed by atoms with Crippen LogP contribution in [0.2, 0.25) is 5.02 Å². The van der Waals surface area contributed by atoms with Gasteiger partial charge in [-0.3, -0.25) is 29.6 Å². The first kappa shape index (κ1) is 19.8. The molecule has 11 heteroatoms. The lowest BCUT2D eigenvalue weighted by atomic mass is 10.2. The summed E-state index contributed by atoms with van der Waals surface area (Å²) in [5.74, 6) is -2.11. The maximum Gasteiger partial charge on any atom is 0.313 e. The smallest absolute Gasteiger partial charge is 0.313 e. The standard InChI is InChI=1S/C18H13ClN4O6/c19-11-7-5-10(6-8-11)9-20-16(25)14-15(24)18(27)22(21-17(14)26)12-3-1-2-4-13(12)23(28)29/h1-8,24H,9H2,(H,20,25)(H,21,26). The van der Waals surface area contributed by atoms with Gasteiger partial charge >= 0.3 is 5.56 Å². The number of aromatic hydroxyl groups is 1. The molecule has 0 spiro atoms. The fourth-order valence-electron chi connectivity index (χ4n) is 2.59. The summed E-state index contributed by atoms with van der Waals surface area (Å²) >= 11 is 5.78. The second-order valence-electron chi connectivity index (χ2n) is 5.86. The third-order valence-corrected chi connectivity index (χ3v) is 4.25. The minimum absolute atomic E-state index is 0.0160. The normalized spacial score (nSPS) is 10.5. The number of halogens is 1. The first-order chi connectivity index (χ1) is 13.8. The molecule has 1 amide bonds. The summed E-state index contributed by atoms with van der Waals surface area (Å²) in [5, 5.41) is 26.3. The molecule has 0 aliphatic rings. The maximum absolute atomic E-state index is 12.5. The molecule has 0 unspecified atom stereocenters. The number of carbonyl (C=O) groups excluding carboxylic acids is 1. The lowest BCUT2D eigenvalue weighted by Gasteiger charge is -2.10. The van der Waals surface area contributed by atoms with Crippen LogP contribution in [0.4, 0.5) is 5.69 Å². The van der Waals surface area contributed by atoms with Crippen molar-refractivity contribution in [2.24, 2.45) is 0 Å².